The van der Waals surface area contributed by atoms with E-state index in [-0.39, 0.29) is 18.6 Å². The molecule has 24 heavy (non-hydrogen) atoms. The van der Waals surface area contributed by atoms with Crippen LogP contribution >= 0.6 is 0 Å². The summed E-state index contributed by atoms with van der Waals surface area (Å²) in [6, 6.07) is 12.5. The van der Waals surface area contributed by atoms with Gasteiger partial charge in [0.05, 0.1) is 0 Å². The summed E-state index contributed by atoms with van der Waals surface area (Å²) in [6.45, 7) is 2.21. The van der Waals surface area contributed by atoms with Gasteiger partial charge in [-0.1, -0.05) is 6.07 Å². The van der Waals surface area contributed by atoms with Gasteiger partial charge in [-0.3, -0.25) is 9.59 Å². The van der Waals surface area contributed by atoms with Gasteiger partial charge >= 0.3 is 0 Å². The molecule has 6 nitrogen and oxygen atoms in total. The highest BCUT2D eigenvalue weighted by atomic mass is 16.7. The number of benzene rings is 2. The van der Waals surface area contributed by atoms with E-state index >= 15 is 0 Å². The van der Waals surface area contributed by atoms with Crippen molar-refractivity contribution in [1.82, 2.24) is 5.32 Å². The minimum Gasteiger partial charge on any atom is -0.454 e. The predicted octanol–water partition coefficient (Wildman–Crippen LogP) is 2.35. The summed E-state index contributed by atoms with van der Waals surface area (Å²) in [5.74, 6) is 1.20. The standard InChI is InChI=1S/C18H18N2O4/c1-12(21)20-15-5-3-14(4-6-15)18(22)19-9-8-13-2-7-16-17(10-13)24-11-23-16/h2-7,10H,8-9,11H2,1H3,(H,19,22)(H,20,21). The zero-order valence-electron chi connectivity index (χ0n) is 13.3. The van der Waals surface area contributed by atoms with E-state index in [1.165, 1.54) is 6.92 Å². The van der Waals surface area contributed by atoms with Crippen molar-refractivity contribution in [3.63, 3.8) is 0 Å². The van der Waals surface area contributed by atoms with Crippen LogP contribution in [0.15, 0.2) is 42.5 Å². The van der Waals surface area contributed by atoms with Crippen LogP contribution in [0.3, 0.4) is 0 Å². The lowest BCUT2D eigenvalue weighted by atomic mass is 10.1. The van der Waals surface area contributed by atoms with E-state index in [1.807, 2.05) is 18.2 Å². The summed E-state index contributed by atoms with van der Waals surface area (Å²) in [7, 11) is 0. The molecular weight excluding hydrogens is 308 g/mol. The van der Waals surface area contributed by atoms with Crippen molar-refractivity contribution in [2.75, 3.05) is 18.7 Å². The van der Waals surface area contributed by atoms with Gasteiger partial charge in [0, 0.05) is 24.7 Å². The highest BCUT2D eigenvalue weighted by Crippen LogP contribution is 2.32. The number of hydrogen-bond donors (Lipinski definition) is 2. The zero-order chi connectivity index (χ0) is 16.9. The average molecular weight is 326 g/mol. The molecule has 0 atom stereocenters. The maximum absolute atomic E-state index is 12.1. The Hall–Kier alpha value is -3.02. The molecule has 0 aromatic heterocycles. The normalized spacial score (nSPS) is 11.9. The molecule has 0 fully saturated rings. The molecule has 0 radical (unpaired) electrons. The lowest BCUT2D eigenvalue weighted by Gasteiger charge is -2.07. The smallest absolute Gasteiger partial charge is 0.251 e. The minimum atomic E-state index is -0.148. The van der Waals surface area contributed by atoms with Gasteiger partial charge < -0.3 is 20.1 Å². The fraction of sp³-hybridized carbons (Fsp3) is 0.222. The van der Waals surface area contributed by atoms with Crippen molar-refractivity contribution in [3.05, 3.63) is 53.6 Å². The Kier molecular flexibility index (Phi) is 4.65. The quantitative estimate of drug-likeness (QED) is 0.884. The lowest BCUT2D eigenvalue weighted by Crippen LogP contribution is -2.25. The summed E-state index contributed by atoms with van der Waals surface area (Å²) >= 11 is 0. The van der Waals surface area contributed by atoms with Crippen molar-refractivity contribution in [2.24, 2.45) is 0 Å². The topological polar surface area (TPSA) is 76.7 Å². The van der Waals surface area contributed by atoms with E-state index in [0.29, 0.717) is 24.2 Å². The van der Waals surface area contributed by atoms with Gasteiger partial charge in [0.2, 0.25) is 12.7 Å². The second-order valence-corrected chi connectivity index (χ2v) is 5.45. The molecular formula is C18H18N2O4. The molecule has 2 aromatic carbocycles. The molecule has 1 heterocycles. The largest absolute Gasteiger partial charge is 0.454 e. The highest BCUT2D eigenvalue weighted by Gasteiger charge is 2.13. The molecule has 6 heteroatoms. The van der Waals surface area contributed by atoms with E-state index in [2.05, 4.69) is 10.6 Å². The Morgan fingerprint density at radius 1 is 1.04 bits per heavy atom. The van der Waals surface area contributed by atoms with Gasteiger partial charge in [0.1, 0.15) is 0 Å². The molecule has 0 saturated carbocycles. The van der Waals surface area contributed by atoms with Crippen molar-refractivity contribution >= 4 is 17.5 Å². The van der Waals surface area contributed by atoms with Gasteiger partial charge in [0.15, 0.2) is 11.5 Å². The van der Waals surface area contributed by atoms with E-state index in [4.69, 9.17) is 9.47 Å². The monoisotopic (exact) mass is 326 g/mol. The lowest BCUT2D eigenvalue weighted by molar-refractivity contribution is -0.114. The zero-order valence-corrected chi connectivity index (χ0v) is 13.3. The molecule has 2 N–H and O–H groups in total. The van der Waals surface area contributed by atoms with Crippen LogP contribution in [0.5, 0.6) is 11.5 Å². The van der Waals surface area contributed by atoms with Gasteiger partial charge in [-0.15, -0.1) is 0 Å². The second kappa shape index (κ2) is 7.04. The number of ether oxygens (including phenoxy) is 2. The number of carbonyl (C=O) groups excluding carboxylic acids is 2. The number of hydrogen-bond acceptors (Lipinski definition) is 4. The average Bonchev–Trinajstić information content (AvgIpc) is 3.02. The molecule has 0 aliphatic carbocycles. The Labute approximate surface area is 139 Å². The maximum Gasteiger partial charge on any atom is 0.251 e. The van der Waals surface area contributed by atoms with Crippen LogP contribution in [-0.4, -0.2) is 25.2 Å². The van der Waals surface area contributed by atoms with Gasteiger partial charge in [-0.25, -0.2) is 0 Å². The predicted molar refractivity (Wildman–Crippen MR) is 89.3 cm³/mol. The first-order chi connectivity index (χ1) is 11.6. The second-order valence-electron chi connectivity index (χ2n) is 5.45. The van der Waals surface area contributed by atoms with Crippen LogP contribution in [0.1, 0.15) is 22.8 Å². The number of anilines is 1. The summed E-state index contributed by atoms with van der Waals surface area (Å²) < 4.78 is 10.6. The molecule has 0 bridgehead atoms. The Morgan fingerprint density at radius 2 is 1.79 bits per heavy atom. The Balaban J connectivity index is 1.51. The summed E-state index contributed by atoms with van der Waals surface area (Å²) in [5, 5.41) is 5.54. The molecule has 1 aliphatic rings. The van der Waals surface area contributed by atoms with Gasteiger partial charge in [-0.05, 0) is 48.4 Å². The van der Waals surface area contributed by atoms with E-state index in [9.17, 15) is 9.59 Å². The Morgan fingerprint density at radius 3 is 2.54 bits per heavy atom. The van der Waals surface area contributed by atoms with Crippen molar-refractivity contribution in [3.8, 4) is 11.5 Å². The van der Waals surface area contributed by atoms with Crippen LogP contribution in [-0.2, 0) is 11.2 Å². The SMILES string of the molecule is CC(=O)Nc1ccc(C(=O)NCCc2ccc3c(c2)OCO3)cc1. The van der Waals surface area contributed by atoms with Crippen LogP contribution in [0.25, 0.3) is 0 Å². The van der Waals surface area contributed by atoms with Crippen molar-refractivity contribution < 1.29 is 19.1 Å². The molecule has 0 unspecified atom stereocenters. The summed E-state index contributed by atoms with van der Waals surface area (Å²) in [6.07, 6.45) is 0.701. The highest BCUT2D eigenvalue weighted by molar-refractivity contribution is 5.95. The third-order valence-corrected chi connectivity index (χ3v) is 3.60. The number of nitrogens with one attached hydrogen (secondary N) is 2. The fourth-order valence-corrected chi connectivity index (χ4v) is 2.43. The van der Waals surface area contributed by atoms with Crippen molar-refractivity contribution in [1.29, 1.82) is 0 Å². The Bertz CT molecular complexity index is 756. The van der Waals surface area contributed by atoms with Gasteiger partial charge in [0.25, 0.3) is 5.91 Å². The minimum absolute atomic E-state index is 0.143. The number of amides is 2. The van der Waals surface area contributed by atoms with Crippen LogP contribution in [0.2, 0.25) is 0 Å². The van der Waals surface area contributed by atoms with Gasteiger partial charge in [-0.2, -0.15) is 0 Å². The molecule has 3 rings (SSSR count). The first-order valence-electron chi connectivity index (χ1n) is 7.66. The molecule has 2 amide bonds. The first kappa shape index (κ1) is 15.9. The molecule has 0 saturated heterocycles. The van der Waals surface area contributed by atoms with E-state index in [1.54, 1.807) is 24.3 Å². The molecule has 0 spiro atoms. The maximum atomic E-state index is 12.1. The third-order valence-electron chi connectivity index (χ3n) is 3.60. The van der Waals surface area contributed by atoms with Crippen LogP contribution in [0, 0.1) is 0 Å². The summed E-state index contributed by atoms with van der Waals surface area (Å²) in [4.78, 5) is 23.1. The van der Waals surface area contributed by atoms with E-state index in [0.717, 1.165) is 17.1 Å². The number of rotatable bonds is 5. The van der Waals surface area contributed by atoms with E-state index < -0.39 is 0 Å². The third kappa shape index (κ3) is 3.84. The number of fused-ring (bicyclic) bond motifs is 1. The van der Waals surface area contributed by atoms with Crippen LogP contribution < -0.4 is 20.1 Å². The molecule has 124 valence electrons. The number of carbonyl (C=O) groups is 2. The first-order valence-corrected chi connectivity index (χ1v) is 7.66. The van der Waals surface area contributed by atoms with Crippen molar-refractivity contribution in [2.45, 2.75) is 13.3 Å². The molecule has 2 aromatic rings. The summed E-state index contributed by atoms with van der Waals surface area (Å²) in [5.41, 5.74) is 2.29. The van der Waals surface area contributed by atoms with Crippen LogP contribution in [0.4, 0.5) is 5.69 Å². The molecule has 1 aliphatic heterocycles. The fourth-order valence-electron chi connectivity index (χ4n) is 2.43.